The molecule has 0 aliphatic carbocycles. The zero-order valence-corrected chi connectivity index (χ0v) is 16.7. The highest BCUT2D eigenvalue weighted by molar-refractivity contribution is 14.1. The minimum atomic E-state index is -0.451. The minimum Gasteiger partial charge on any atom is -0.497 e. The second-order valence-corrected chi connectivity index (χ2v) is 6.50. The third-order valence-electron chi connectivity index (χ3n) is 3.54. The first-order chi connectivity index (χ1) is 13.1. The number of carbonyl (C=O) groups excluding carboxylic acids is 1. The number of halogens is 1. The fourth-order valence-corrected chi connectivity index (χ4v) is 2.87. The van der Waals surface area contributed by atoms with Crippen molar-refractivity contribution in [1.29, 1.82) is 10.5 Å². The van der Waals surface area contributed by atoms with Gasteiger partial charge in [-0.15, -0.1) is 0 Å². The zero-order valence-electron chi connectivity index (χ0n) is 14.5. The molecule has 7 heteroatoms. The number of hydrogen-bond acceptors (Lipinski definition) is 5. The van der Waals surface area contributed by atoms with Crippen molar-refractivity contribution in [3.8, 4) is 23.6 Å². The Hall–Kier alpha value is -3.04. The van der Waals surface area contributed by atoms with Gasteiger partial charge in [-0.2, -0.15) is 10.5 Å². The molecule has 1 N–H and O–H groups in total. The zero-order chi connectivity index (χ0) is 19.6. The van der Waals surface area contributed by atoms with Gasteiger partial charge in [0.15, 0.2) is 6.61 Å². The van der Waals surface area contributed by atoms with Gasteiger partial charge in [0.2, 0.25) is 0 Å². The van der Waals surface area contributed by atoms with Crippen molar-refractivity contribution in [2.24, 2.45) is 0 Å². The standard InChI is InChI=1S/C20H16IN3O3/c1-26-17-5-2-14(3-6-17)13-24-20(25)16(12-23)10-15-4-7-19(18(21)11-15)27-9-8-22/h2-7,10-11H,9,13H2,1H3,(H,24,25)/b16-10-. The summed E-state index contributed by atoms with van der Waals surface area (Å²) >= 11 is 2.07. The topological polar surface area (TPSA) is 95.1 Å². The SMILES string of the molecule is COc1ccc(CNC(=O)/C(C#N)=C\c2ccc(OCC#N)c(I)c2)cc1. The van der Waals surface area contributed by atoms with Crippen molar-refractivity contribution in [3.63, 3.8) is 0 Å². The second kappa shape index (κ2) is 10.2. The monoisotopic (exact) mass is 473 g/mol. The second-order valence-electron chi connectivity index (χ2n) is 5.34. The lowest BCUT2D eigenvalue weighted by Gasteiger charge is -2.07. The van der Waals surface area contributed by atoms with E-state index in [0.29, 0.717) is 17.9 Å². The van der Waals surface area contributed by atoms with Crippen LogP contribution in [0.2, 0.25) is 0 Å². The van der Waals surface area contributed by atoms with Crippen molar-refractivity contribution in [2.45, 2.75) is 6.54 Å². The number of carbonyl (C=O) groups is 1. The van der Waals surface area contributed by atoms with Crippen LogP contribution in [0, 0.1) is 26.2 Å². The van der Waals surface area contributed by atoms with Crippen LogP contribution in [0.3, 0.4) is 0 Å². The highest BCUT2D eigenvalue weighted by Gasteiger charge is 2.10. The van der Waals surface area contributed by atoms with Crippen molar-refractivity contribution in [2.75, 3.05) is 13.7 Å². The Morgan fingerprint density at radius 2 is 1.96 bits per heavy atom. The van der Waals surface area contributed by atoms with Gasteiger partial charge in [0.05, 0.1) is 10.7 Å². The third-order valence-corrected chi connectivity index (χ3v) is 4.38. The lowest BCUT2D eigenvalue weighted by Crippen LogP contribution is -2.23. The molecule has 1 amide bonds. The lowest BCUT2D eigenvalue weighted by molar-refractivity contribution is -0.117. The normalized spacial score (nSPS) is 10.4. The molecule has 0 saturated carbocycles. The molecule has 0 aliphatic rings. The summed E-state index contributed by atoms with van der Waals surface area (Å²) < 4.78 is 11.2. The molecule has 2 aromatic carbocycles. The van der Waals surface area contributed by atoms with Crippen LogP contribution >= 0.6 is 22.6 Å². The largest absolute Gasteiger partial charge is 0.497 e. The fraction of sp³-hybridized carbons (Fsp3) is 0.150. The lowest BCUT2D eigenvalue weighted by atomic mass is 10.1. The molecule has 27 heavy (non-hydrogen) atoms. The van der Waals surface area contributed by atoms with Crippen LogP contribution in [-0.2, 0) is 11.3 Å². The number of rotatable bonds is 7. The van der Waals surface area contributed by atoms with E-state index >= 15 is 0 Å². The van der Waals surface area contributed by atoms with Gasteiger partial charge in [-0.1, -0.05) is 18.2 Å². The van der Waals surface area contributed by atoms with Crippen LogP contribution in [0.5, 0.6) is 11.5 Å². The summed E-state index contributed by atoms with van der Waals surface area (Å²) in [6.07, 6.45) is 1.51. The Morgan fingerprint density at radius 3 is 2.56 bits per heavy atom. The van der Waals surface area contributed by atoms with Gasteiger partial charge in [-0.25, -0.2) is 0 Å². The molecule has 0 heterocycles. The predicted molar refractivity (Wildman–Crippen MR) is 109 cm³/mol. The van der Waals surface area contributed by atoms with Crippen molar-refractivity contribution < 1.29 is 14.3 Å². The number of benzene rings is 2. The van der Waals surface area contributed by atoms with Crippen LogP contribution in [0.4, 0.5) is 0 Å². The molecule has 0 bridgehead atoms. The highest BCUT2D eigenvalue weighted by Crippen LogP contribution is 2.23. The summed E-state index contributed by atoms with van der Waals surface area (Å²) in [6.45, 7) is 0.267. The molecular weight excluding hydrogens is 457 g/mol. The number of hydrogen-bond donors (Lipinski definition) is 1. The first kappa shape index (κ1) is 20.3. The Kier molecular flexibility index (Phi) is 7.65. The summed E-state index contributed by atoms with van der Waals surface area (Å²) in [6, 6.07) is 16.3. The van der Waals surface area contributed by atoms with Crippen LogP contribution in [0.25, 0.3) is 6.08 Å². The maximum atomic E-state index is 12.3. The van der Waals surface area contributed by atoms with E-state index in [1.807, 2.05) is 24.3 Å². The van der Waals surface area contributed by atoms with E-state index in [1.165, 1.54) is 6.08 Å². The molecule has 0 saturated heterocycles. The third kappa shape index (κ3) is 6.01. The molecule has 6 nitrogen and oxygen atoms in total. The van der Waals surface area contributed by atoms with Crippen LogP contribution in [0.15, 0.2) is 48.0 Å². The Labute approximate surface area is 171 Å². The van der Waals surface area contributed by atoms with Gasteiger partial charge >= 0.3 is 0 Å². The van der Waals surface area contributed by atoms with Gasteiger partial charge in [-0.05, 0) is 64.1 Å². The molecule has 0 spiro atoms. The molecule has 0 aromatic heterocycles. The van der Waals surface area contributed by atoms with Gasteiger partial charge in [-0.3, -0.25) is 4.79 Å². The summed E-state index contributed by atoms with van der Waals surface area (Å²) in [4.78, 5) is 12.3. The molecule has 0 unspecified atom stereocenters. The summed E-state index contributed by atoms with van der Waals surface area (Å²) in [7, 11) is 1.59. The number of nitrogens with one attached hydrogen (secondary N) is 1. The minimum absolute atomic E-state index is 0.00463. The maximum Gasteiger partial charge on any atom is 0.262 e. The van der Waals surface area contributed by atoms with E-state index < -0.39 is 5.91 Å². The van der Waals surface area contributed by atoms with Crippen molar-refractivity contribution in [1.82, 2.24) is 5.32 Å². The maximum absolute atomic E-state index is 12.3. The molecule has 136 valence electrons. The highest BCUT2D eigenvalue weighted by atomic mass is 127. The summed E-state index contributed by atoms with van der Waals surface area (Å²) in [5.41, 5.74) is 1.60. The van der Waals surface area contributed by atoms with E-state index in [1.54, 1.807) is 37.4 Å². The van der Waals surface area contributed by atoms with Crippen molar-refractivity contribution >= 4 is 34.6 Å². The molecule has 2 aromatic rings. The fourth-order valence-electron chi connectivity index (χ4n) is 2.17. The smallest absolute Gasteiger partial charge is 0.262 e. The van der Waals surface area contributed by atoms with E-state index in [-0.39, 0.29) is 12.2 Å². The number of ether oxygens (including phenoxy) is 2. The number of methoxy groups -OCH3 is 1. The molecule has 0 atom stereocenters. The summed E-state index contributed by atoms with van der Waals surface area (Å²) in [5, 5.41) is 20.6. The predicted octanol–water partition coefficient (Wildman–Crippen LogP) is 3.43. The number of nitriles is 2. The Balaban J connectivity index is 2.06. The number of amides is 1. The van der Waals surface area contributed by atoms with Gasteiger partial charge in [0.25, 0.3) is 5.91 Å². The Morgan fingerprint density at radius 1 is 1.22 bits per heavy atom. The average Bonchev–Trinajstić information content (AvgIpc) is 2.70. The van der Waals surface area contributed by atoms with E-state index in [2.05, 4.69) is 27.9 Å². The Bertz CT molecular complexity index is 925. The van der Waals surface area contributed by atoms with Crippen LogP contribution in [-0.4, -0.2) is 19.6 Å². The molecular formula is C20H16IN3O3. The number of nitrogens with zero attached hydrogens (tertiary/aromatic N) is 2. The van der Waals surface area contributed by atoms with Gasteiger partial charge < -0.3 is 14.8 Å². The summed E-state index contributed by atoms with van der Waals surface area (Å²) in [5.74, 6) is 0.865. The quantitative estimate of drug-likeness (QED) is 0.378. The van der Waals surface area contributed by atoms with Gasteiger partial charge in [0, 0.05) is 6.54 Å². The van der Waals surface area contributed by atoms with E-state index in [9.17, 15) is 10.1 Å². The van der Waals surface area contributed by atoms with Gasteiger partial charge in [0.1, 0.15) is 29.2 Å². The average molecular weight is 473 g/mol. The van der Waals surface area contributed by atoms with Crippen LogP contribution < -0.4 is 14.8 Å². The first-order valence-corrected chi connectivity index (χ1v) is 8.97. The molecule has 0 aliphatic heterocycles. The molecule has 0 fully saturated rings. The van der Waals surface area contributed by atoms with E-state index in [4.69, 9.17) is 14.7 Å². The van der Waals surface area contributed by atoms with Crippen LogP contribution in [0.1, 0.15) is 11.1 Å². The molecule has 0 radical (unpaired) electrons. The first-order valence-electron chi connectivity index (χ1n) is 7.89. The van der Waals surface area contributed by atoms with E-state index in [0.717, 1.165) is 14.9 Å². The molecule has 2 rings (SSSR count). The van der Waals surface area contributed by atoms with Crippen molar-refractivity contribution in [3.05, 3.63) is 62.7 Å².